The van der Waals surface area contributed by atoms with Crippen molar-refractivity contribution in [3.05, 3.63) is 72.1 Å². The molecular weight excluding hydrogens is 378 g/mol. The summed E-state index contributed by atoms with van der Waals surface area (Å²) in [6.07, 6.45) is 8.17. The Bertz CT molecular complexity index is 939. The van der Waals surface area contributed by atoms with Gasteiger partial charge in [0, 0.05) is 44.0 Å². The molecule has 1 unspecified atom stereocenters. The van der Waals surface area contributed by atoms with Crippen molar-refractivity contribution in [2.75, 3.05) is 44.1 Å². The standard InChI is InChI=1S/C24H29N3O3/c1-5-6-17(2)16-27(3)19-7-8-20-18(10-12-30-23(20)13-19)14-26-22-15-25-11-9-21(22)24(28)29-4/h5-9,11,13,15,18,26H,2,10,12,14,16H2,1,3-4H3/b6-5-. The Kier molecular flexibility index (Phi) is 7.12. The van der Waals surface area contributed by atoms with Crippen LogP contribution in [0.2, 0.25) is 0 Å². The largest absolute Gasteiger partial charge is 0.493 e. The molecule has 1 aliphatic heterocycles. The molecule has 2 aromatic rings. The summed E-state index contributed by atoms with van der Waals surface area (Å²) in [5.74, 6) is 0.810. The number of allylic oxidation sites excluding steroid dienone is 1. The number of likely N-dealkylation sites (N-methyl/N-ethyl adjacent to an activating group) is 1. The molecule has 0 fully saturated rings. The summed E-state index contributed by atoms with van der Waals surface area (Å²) in [5, 5.41) is 3.37. The predicted octanol–water partition coefficient (Wildman–Crippen LogP) is 4.41. The fourth-order valence-corrected chi connectivity index (χ4v) is 3.64. The van der Waals surface area contributed by atoms with Crippen LogP contribution >= 0.6 is 0 Å². The number of hydrogen-bond acceptors (Lipinski definition) is 6. The van der Waals surface area contributed by atoms with E-state index in [0.29, 0.717) is 24.4 Å². The minimum atomic E-state index is -0.375. The molecule has 0 bridgehead atoms. The molecule has 1 atom stereocenters. The van der Waals surface area contributed by atoms with E-state index in [2.05, 4.69) is 47.0 Å². The van der Waals surface area contributed by atoms with Crippen LogP contribution in [-0.2, 0) is 4.74 Å². The van der Waals surface area contributed by atoms with Gasteiger partial charge in [0.05, 0.1) is 31.2 Å². The summed E-state index contributed by atoms with van der Waals surface area (Å²) in [6.45, 7) is 8.17. The Morgan fingerprint density at radius 1 is 1.43 bits per heavy atom. The first-order chi connectivity index (χ1) is 14.5. The minimum Gasteiger partial charge on any atom is -0.493 e. The number of esters is 1. The van der Waals surface area contributed by atoms with Gasteiger partial charge in [0.2, 0.25) is 0 Å². The smallest absolute Gasteiger partial charge is 0.340 e. The Balaban J connectivity index is 1.72. The number of benzene rings is 1. The number of aromatic nitrogens is 1. The lowest BCUT2D eigenvalue weighted by Crippen LogP contribution is -2.23. The van der Waals surface area contributed by atoms with Crippen molar-refractivity contribution >= 4 is 17.3 Å². The zero-order valence-corrected chi connectivity index (χ0v) is 17.9. The van der Waals surface area contributed by atoms with Crippen molar-refractivity contribution in [2.24, 2.45) is 0 Å². The summed E-state index contributed by atoms with van der Waals surface area (Å²) in [7, 11) is 3.43. The van der Waals surface area contributed by atoms with Crippen LogP contribution < -0.4 is 15.0 Å². The molecule has 0 amide bonds. The van der Waals surface area contributed by atoms with Crippen molar-refractivity contribution in [1.82, 2.24) is 4.98 Å². The van der Waals surface area contributed by atoms with E-state index in [1.54, 1.807) is 18.5 Å². The molecule has 30 heavy (non-hydrogen) atoms. The van der Waals surface area contributed by atoms with Crippen LogP contribution in [0.5, 0.6) is 5.75 Å². The fourth-order valence-electron chi connectivity index (χ4n) is 3.64. The summed E-state index contributed by atoms with van der Waals surface area (Å²) in [5.41, 5.74) is 4.47. The molecule has 6 nitrogen and oxygen atoms in total. The van der Waals surface area contributed by atoms with Crippen LogP contribution in [0.1, 0.15) is 35.2 Å². The molecule has 1 aliphatic rings. The number of ether oxygens (including phenoxy) is 2. The Hall–Kier alpha value is -3.28. The molecule has 3 rings (SSSR count). The summed E-state index contributed by atoms with van der Waals surface area (Å²) in [4.78, 5) is 18.3. The van der Waals surface area contributed by atoms with Gasteiger partial charge in [0.1, 0.15) is 5.75 Å². The fraction of sp³-hybridized carbons (Fsp3) is 0.333. The molecule has 0 saturated heterocycles. The topological polar surface area (TPSA) is 63.7 Å². The monoisotopic (exact) mass is 407 g/mol. The van der Waals surface area contributed by atoms with Gasteiger partial charge in [-0.25, -0.2) is 4.79 Å². The molecule has 0 spiro atoms. The first-order valence-corrected chi connectivity index (χ1v) is 10.1. The second-order valence-corrected chi connectivity index (χ2v) is 7.36. The maximum atomic E-state index is 12.0. The zero-order valence-electron chi connectivity index (χ0n) is 17.9. The second kappa shape index (κ2) is 9.96. The Morgan fingerprint density at radius 3 is 3.03 bits per heavy atom. The molecule has 2 heterocycles. The van der Waals surface area contributed by atoms with Gasteiger partial charge in [0.15, 0.2) is 0 Å². The van der Waals surface area contributed by atoms with E-state index in [1.807, 2.05) is 19.1 Å². The lowest BCUT2D eigenvalue weighted by atomic mass is 9.92. The van der Waals surface area contributed by atoms with Gasteiger partial charge in [-0.05, 0) is 36.6 Å². The van der Waals surface area contributed by atoms with E-state index in [1.165, 1.54) is 12.7 Å². The molecule has 1 aromatic heterocycles. The van der Waals surface area contributed by atoms with E-state index in [0.717, 1.165) is 30.0 Å². The molecule has 0 aliphatic carbocycles. The van der Waals surface area contributed by atoms with Crippen molar-refractivity contribution in [3.63, 3.8) is 0 Å². The highest BCUT2D eigenvalue weighted by Gasteiger charge is 2.23. The zero-order chi connectivity index (χ0) is 21.5. The number of rotatable bonds is 8. The lowest BCUT2D eigenvalue weighted by Gasteiger charge is -2.28. The van der Waals surface area contributed by atoms with Gasteiger partial charge in [-0.3, -0.25) is 4.98 Å². The summed E-state index contributed by atoms with van der Waals surface area (Å²) in [6, 6.07) is 8.01. The average Bonchev–Trinajstić information content (AvgIpc) is 2.77. The average molecular weight is 408 g/mol. The second-order valence-electron chi connectivity index (χ2n) is 7.36. The van der Waals surface area contributed by atoms with E-state index in [-0.39, 0.29) is 11.9 Å². The van der Waals surface area contributed by atoms with Crippen LogP contribution in [0.15, 0.2) is 61.0 Å². The van der Waals surface area contributed by atoms with E-state index in [9.17, 15) is 4.79 Å². The third-order valence-electron chi connectivity index (χ3n) is 5.21. The maximum Gasteiger partial charge on any atom is 0.340 e. The number of fused-ring (bicyclic) bond motifs is 1. The number of carbonyl (C=O) groups excluding carboxylic acids is 1. The third-order valence-corrected chi connectivity index (χ3v) is 5.21. The van der Waals surface area contributed by atoms with Crippen molar-refractivity contribution in [2.45, 2.75) is 19.3 Å². The van der Waals surface area contributed by atoms with Gasteiger partial charge in [-0.2, -0.15) is 0 Å². The van der Waals surface area contributed by atoms with Crippen LogP contribution in [-0.4, -0.2) is 44.8 Å². The number of pyridine rings is 1. The highest BCUT2D eigenvalue weighted by atomic mass is 16.5. The molecule has 6 heteroatoms. The van der Waals surface area contributed by atoms with Gasteiger partial charge in [0.25, 0.3) is 0 Å². The maximum absolute atomic E-state index is 12.0. The number of carbonyl (C=O) groups is 1. The van der Waals surface area contributed by atoms with Crippen LogP contribution in [0.25, 0.3) is 0 Å². The highest BCUT2D eigenvalue weighted by Crippen LogP contribution is 2.36. The minimum absolute atomic E-state index is 0.275. The lowest BCUT2D eigenvalue weighted by molar-refractivity contribution is 0.0601. The third kappa shape index (κ3) is 5.00. The van der Waals surface area contributed by atoms with E-state index >= 15 is 0 Å². The number of methoxy groups -OCH3 is 1. The van der Waals surface area contributed by atoms with Gasteiger partial charge in [-0.15, -0.1) is 0 Å². The number of hydrogen-bond donors (Lipinski definition) is 1. The predicted molar refractivity (Wildman–Crippen MR) is 121 cm³/mol. The van der Waals surface area contributed by atoms with Gasteiger partial charge in [-0.1, -0.05) is 24.8 Å². The summed E-state index contributed by atoms with van der Waals surface area (Å²) < 4.78 is 10.8. The Morgan fingerprint density at radius 2 is 2.27 bits per heavy atom. The molecule has 158 valence electrons. The van der Waals surface area contributed by atoms with E-state index < -0.39 is 0 Å². The normalized spacial score (nSPS) is 15.2. The van der Waals surface area contributed by atoms with Crippen molar-refractivity contribution in [1.29, 1.82) is 0 Å². The SMILES string of the molecule is C=C(/C=C\C)CN(C)c1ccc2c(c1)OCCC2CNc1cnccc1C(=O)OC. The van der Waals surface area contributed by atoms with Crippen molar-refractivity contribution < 1.29 is 14.3 Å². The number of nitrogens with zero attached hydrogens (tertiary/aromatic N) is 2. The molecule has 1 N–H and O–H groups in total. The molecule has 1 aromatic carbocycles. The van der Waals surface area contributed by atoms with E-state index in [4.69, 9.17) is 9.47 Å². The summed E-state index contributed by atoms with van der Waals surface area (Å²) >= 11 is 0. The first-order valence-electron chi connectivity index (χ1n) is 10.1. The number of nitrogens with one attached hydrogen (secondary N) is 1. The van der Waals surface area contributed by atoms with Gasteiger partial charge < -0.3 is 19.7 Å². The quantitative estimate of drug-likeness (QED) is 0.516. The Labute approximate surface area is 178 Å². The van der Waals surface area contributed by atoms with Gasteiger partial charge >= 0.3 is 5.97 Å². The molecular formula is C24H29N3O3. The van der Waals surface area contributed by atoms with Crippen LogP contribution in [0, 0.1) is 0 Å². The van der Waals surface area contributed by atoms with Crippen LogP contribution in [0.3, 0.4) is 0 Å². The number of anilines is 2. The highest BCUT2D eigenvalue weighted by molar-refractivity contribution is 5.95. The molecule has 0 saturated carbocycles. The first kappa shape index (κ1) is 21.4. The van der Waals surface area contributed by atoms with Crippen LogP contribution in [0.4, 0.5) is 11.4 Å². The van der Waals surface area contributed by atoms with Crippen molar-refractivity contribution in [3.8, 4) is 5.75 Å². The molecule has 0 radical (unpaired) electrons.